The van der Waals surface area contributed by atoms with Crippen molar-refractivity contribution in [3.8, 4) is 17.1 Å². The number of fused-ring (bicyclic) bond motifs is 3. The number of aromatic nitrogens is 2. The van der Waals surface area contributed by atoms with Gasteiger partial charge in [0.2, 0.25) is 0 Å². The van der Waals surface area contributed by atoms with Crippen LogP contribution in [-0.2, 0) is 5.54 Å². The van der Waals surface area contributed by atoms with Gasteiger partial charge in [0.25, 0.3) is 5.82 Å². The minimum Gasteiger partial charge on any atom is -0.220 e. The SMILES string of the molecule is C=C1c2ccccc2-c2n(-c3ccccc3)cc[n+]2C1(CC)CC. The molecule has 2 heteroatoms. The smallest absolute Gasteiger partial charge is 0.220 e. The first-order chi connectivity index (χ1) is 11.7. The minimum atomic E-state index is -0.0519. The third-order valence-electron chi connectivity index (χ3n) is 5.54. The molecule has 0 aliphatic carbocycles. The molecule has 2 nitrogen and oxygen atoms in total. The van der Waals surface area contributed by atoms with Crippen LogP contribution in [0.5, 0.6) is 0 Å². The zero-order valence-corrected chi connectivity index (χ0v) is 14.4. The fourth-order valence-corrected chi connectivity index (χ4v) is 4.15. The van der Waals surface area contributed by atoms with Gasteiger partial charge in [0, 0.05) is 5.57 Å². The Kier molecular flexibility index (Phi) is 3.42. The first-order valence-corrected chi connectivity index (χ1v) is 8.71. The van der Waals surface area contributed by atoms with E-state index in [-0.39, 0.29) is 5.54 Å². The van der Waals surface area contributed by atoms with Crippen LogP contribution in [0.1, 0.15) is 32.3 Å². The fourth-order valence-electron chi connectivity index (χ4n) is 4.15. The number of allylic oxidation sites excluding steroid dienone is 1. The second kappa shape index (κ2) is 5.48. The van der Waals surface area contributed by atoms with Gasteiger partial charge in [-0.2, -0.15) is 4.57 Å². The average Bonchev–Trinajstić information content (AvgIpc) is 3.09. The summed E-state index contributed by atoms with van der Waals surface area (Å²) in [5.74, 6) is 1.24. The minimum absolute atomic E-state index is 0.0519. The lowest BCUT2D eigenvalue weighted by Crippen LogP contribution is -2.58. The van der Waals surface area contributed by atoms with Crippen LogP contribution < -0.4 is 4.57 Å². The molecule has 1 aromatic heterocycles. The van der Waals surface area contributed by atoms with Gasteiger partial charge in [-0.25, -0.2) is 4.57 Å². The van der Waals surface area contributed by atoms with Crippen LogP contribution in [0.2, 0.25) is 0 Å². The highest BCUT2D eigenvalue weighted by Gasteiger charge is 2.45. The van der Waals surface area contributed by atoms with E-state index in [0.717, 1.165) is 12.8 Å². The summed E-state index contributed by atoms with van der Waals surface area (Å²) >= 11 is 0. The number of benzene rings is 2. The Hall–Kier alpha value is -2.61. The van der Waals surface area contributed by atoms with E-state index in [1.807, 2.05) is 0 Å². The van der Waals surface area contributed by atoms with Crippen LogP contribution in [0.3, 0.4) is 0 Å². The van der Waals surface area contributed by atoms with E-state index in [9.17, 15) is 0 Å². The van der Waals surface area contributed by atoms with Crippen molar-refractivity contribution < 1.29 is 4.57 Å². The Morgan fingerprint density at radius 2 is 1.54 bits per heavy atom. The fraction of sp³-hybridized carbons (Fsp3) is 0.227. The first-order valence-electron chi connectivity index (χ1n) is 8.71. The number of hydrogen-bond donors (Lipinski definition) is 0. The Labute approximate surface area is 143 Å². The maximum Gasteiger partial charge on any atom is 0.295 e. The summed E-state index contributed by atoms with van der Waals surface area (Å²) in [6, 6.07) is 19.2. The summed E-state index contributed by atoms with van der Waals surface area (Å²) in [7, 11) is 0. The summed E-state index contributed by atoms with van der Waals surface area (Å²) in [4.78, 5) is 0. The topological polar surface area (TPSA) is 8.81 Å². The van der Waals surface area contributed by atoms with E-state index < -0.39 is 0 Å². The van der Waals surface area contributed by atoms with Gasteiger partial charge in [0.15, 0.2) is 0 Å². The molecule has 4 rings (SSSR count). The van der Waals surface area contributed by atoms with Gasteiger partial charge < -0.3 is 0 Å². The summed E-state index contributed by atoms with van der Waals surface area (Å²) in [6.45, 7) is 9.03. The van der Waals surface area contributed by atoms with E-state index in [1.165, 1.54) is 28.2 Å². The van der Waals surface area contributed by atoms with Gasteiger partial charge in [0.05, 0.1) is 5.56 Å². The van der Waals surface area contributed by atoms with Crippen molar-refractivity contribution in [1.29, 1.82) is 0 Å². The highest BCUT2D eigenvalue weighted by atomic mass is 15.2. The molecule has 1 aliphatic rings. The Morgan fingerprint density at radius 3 is 2.21 bits per heavy atom. The predicted molar refractivity (Wildman–Crippen MR) is 99.0 cm³/mol. The van der Waals surface area contributed by atoms with Crippen molar-refractivity contribution in [2.75, 3.05) is 0 Å². The van der Waals surface area contributed by atoms with Crippen molar-refractivity contribution in [3.63, 3.8) is 0 Å². The lowest BCUT2D eigenvalue weighted by molar-refractivity contribution is -0.740. The summed E-state index contributed by atoms with van der Waals surface area (Å²) in [5, 5.41) is 0. The van der Waals surface area contributed by atoms with Crippen LogP contribution in [0.15, 0.2) is 73.6 Å². The molecule has 120 valence electrons. The maximum absolute atomic E-state index is 4.50. The van der Waals surface area contributed by atoms with Crippen molar-refractivity contribution >= 4 is 5.57 Å². The van der Waals surface area contributed by atoms with E-state index in [1.54, 1.807) is 0 Å². The van der Waals surface area contributed by atoms with Crippen molar-refractivity contribution in [3.05, 3.63) is 79.1 Å². The van der Waals surface area contributed by atoms with Crippen molar-refractivity contribution in [2.24, 2.45) is 0 Å². The average molecular weight is 315 g/mol. The highest BCUT2D eigenvalue weighted by molar-refractivity contribution is 5.82. The van der Waals surface area contributed by atoms with Gasteiger partial charge >= 0.3 is 0 Å². The Balaban J connectivity index is 2.07. The zero-order chi connectivity index (χ0) is 16.7. The molecule has 24 heavy (non-hydrogen) atoms. The lowest BCUT2D eigenvalue weighted by atomic mass is 9.77. The van der Waals surface area contributed by atoms with Gasteiger partial charge in [0.1, 0.15) is 23.6 Å². The van der Waals surface area contributed by atoms with Crippen molar-refractivity contribution in [2.45, 2.75) is 32.2 Å². The molecule has 3 aromatic rings. The summed E-state index contributed by atoms with van der Waals surface area (Å²) in [6.07, 6.45) is 6.47. The molecule has 2 aromatic carbocycles. The van der Waals surface area contributed by atoms with Crippen LogP contribution in [0.25, 0.3) is 22.6 Å². The van der Waals surface area contributed by atoms with Gasteiger partial charge in [-0.1, -0.05) is 56.8 Å². The number of imidazole rings is 1. The summed E-state index contributed by atoms with van der Waals surface area (Å²) in [5.41, 5.74) is 4.90. The molecule has 0 unspecified atom stereocenters. The zero-order valence-electron chi connectivity index (χ0n) is 14.4. The largest absolute Gasteiger partial charge is 0.295 e. The van der Waals surface area contributed by atoms with Crippen molar-refractivity contribution in [1.82, 2.24) is 4.57 Å². The number of hydrogen-bond acceptors (Lipinski definition) is 0. The van der Waals surface area contributed by atoms with Crippen LogP contribution in [-0.4, -0.2) is 4.57 Å². The maximum atomic E-state index is 4.50. The Bertz CT molecular complexity index is 899. The van der Waals surface area contributed by atoms with Gasteiger partial charge in [-0.3, -0.25) is 0 Å². The second-order valence-electron chi connectivity index (χ2n) is 6.46. The van der Waals surface area contributed by atoms with E-state index in [4.69, 9.17) is 0 Å². The quantitative estimate of drug-likeness (QED) is 0.603. The molecule has 0 N–H and O–H groups in total. The number of nitrogens with zero attached hydrogens (tertiary/aromatic N) is 2. The normalized spacial score (nSPS) is 15.0. The monoisotopic (exact) mass is 315 g/mol. The third kappa shape index (κ3) is 1.86. The molecule has 0 amide bonds. The molecule has 0 radical (unpaired) electrons. The molecule has 1 aliphatic heterocycles. The first kappa shape index (κ1) is 14.9. The van der Waals surface area contributed by atoms with E-state index in [2.05, 4.69) is 96.6 Å². The number of para-hydroxylation sites is 1. The molecule has 0 bridgehead atoms. The van der Waals surface area contributed by atoms with Gasteiger partial charge in [-0.05, 0) is 36.6 Å². The second-order valence-corrected chi connectivity index (χ2v) is 6.46. The van der Waals surface area contributed by atoms with Crippen LogP contribution >= 0.6 is 0 Å². The molecule has 0 fully saturated rings. The predicted octanol–water partition coefficient (Wildman–Crippen LogP) is 4.97. The van der Waals surface area contributed by atoms with E-state index in [0.29, 0.717) is 0 Å². The number of rotatable bonds is 3. The molecule has 0 saturated carbocycles. The third-order valence-corrected chi connectivity index (χ3v) is 5.54. The standard InChI is InChI=1S/C22H23N2/c1-4-22(5-2)17(3)19-13-9-10-14-20(19)21-23(15-16-24(21)22)18-11-7-6-8-12-18/h6-16H,3-5H2,1-2H3/q+1. The molecule has 2 heterocycles. The highest BCUT2D eigenvalue weighted by Crippen LogP contribution is 2.43. The van der Waals surface area contributed by atoms with Crippen LogP contribution in [0, 0.1) is 0 Å². The van der Waals surface area contributed by atoms with Gasteiger partial charge in [-0.15, -0.1) is 0 Å². The molecule has 0 spiro atoms. The summed E-state index contributed by atoms with van der Waals surface area (Å²) < 4.78 is 4.73. The molecular weight excluding hydrogens is 292 g/mol. The molecule has 0 atom stereocenters. The molecular formula is C22H23N2+. The lowest BCUT2D eigenvalue weighted by Gasteiger charge is -2.36. The Morgan fingerprint density at radius 1 is 0.917 bits per heavy atom. The van der Waals surface area contributed by atoms with Crippen LogP contribution in [0.4, 0.5) is 0 Å². The van der Waals surface area contributed by atoms with E-state index >= 15 is 0 Å². The molecule has 0 saturated heterocycles.